The van der Waals surface area contributed by atoms with Crippen molar-refractivity contribution in [1.29, 1.82) is 0 Å². The van der Waals surface area contributed by atoms with Crippen LogP contribution in [0.1, 0.15) is 59.1 Å². The normalized spacial score (nSPS) is 14.1. The zero-order chi connectivity index (χ0) is 18.7. The summed E-state index contributed by atoms with van der Waals surface area (Å²) in [4.78, 5) is 12.8. The lowest BCUT2D eigenvalue weighted by Crippen LogP contribution is -2.60. The van der Waals surface area contributed by atoms with Gasteiger partial charge in [-0.3, -0.25) is 0 Å². The van der Waals surface area contributed by atoms with Crippen molar-refractivity contribution in [3.63, 3.8) is 0 Å². The van der Waals surface area contributed by atoms with Crippen molar-refractivity contribution in [1.82, 2.24) is 5.32 Å². The number of nitrogens with one attached hydrogen (secondary N) is 1. The Morgan fingerprint density at radius 3 is 2.12 bits per heavy atom. The summed E-state index contributed by atoms with van der Waals surface area (Å²) in [5.41, 5.74) is 1.15. The van der Waals surface area contributed by atoms with E-state index < -0.39 is 11.8 Å². The molecule has 142 valence electrons. The average Bonchev–Trinajstić information content (AvgIpc) is 2.62. The van der Waals surface area contributed by atoms with Crippen LogP contribution in [0, 0.1) is 0 Å². The summed E-state index contributed by atoms with van der Waals surface area (Å²) in [5, 5.41) is 3.53. The van der Waals surface area contributed by atoms with Crippen LogP contribution in [-0.2, 0) is 19.0 Å². The summed E-state index contributed by atoms with van der Waals surface area (Å²) in [6, 6.07) is 9.86. The number of esters is 1. The van der Waals surface area contributed by atoms with Gasteiger partial charge in [-0.05, 0) is 39.7 Å². The van der Waals surface area contributed by atoms with Gasteiger partial charge in [0, 0.05) is 19.3 Å². The fourth-order valence-electron chi connectivity index (χ4n) is 2.97. The first-order valence-corrected chi connectivity index (χ1v) is 9.31. The molecule has 1 aromatic rings. The molecule has 1 N–H and O–H groups in total. The van der Waals surface area contributed by atoms with E-state index in [1.54, 1.807) is 6.92 Å². The number of carbonyl (C=O) groups excluding carboxylic acids is 1. The standard InChI is InChI=1S/C20H33NO4/c1-6-13-18(21-16(5)17-14-11-10-12-15-17)20(24-8-3,25-9-4)19(22)23-7-2/h10-12,14-16,18,21H,6-9,13H2,1-5H3/t16-,18?/m0/s1. The quantitative estimate of drug-likeness (QED) is 0.458. The third-order valence-corrected chi connectivity index (χ3v) is 4.06. The molecule has 0 amide bonds. The number of ether oxygens (including phenoxy) is 3. The Labute approximate surface area is 152 Å². The van der Waals surface area contributed by atoms with Crippen LogP contribution < -0.4 is 5.32 Å². The van der Waals surface area contributed by atoms with Gasteiger partial charge in [-0.15, -0.1) is 0 Å². The van der Waals surface area contributed by atoms with Crippen molar-refractivity contribution in [3.05, 3.63) is 35.9 Å². The lowest BCUT2D eigenvalue weighted by atomic mass is 9.98. The highest BCUT2D eigenvalue weighted by molar-refractivity contribution is 5.79. The van der Waals surface area contributed by atoms with Gasteiger partial charge in [-0.25, -0.2) is 4.79 Å². The van der Waals surface area contributed by atoms with Crippen LogP contribution in [-0.4, -0.2) is 37.6 Å². The van der Waals surface area contributed by atoms with Crippen molar-refractivity contribution in [2.24, 2.45) is 0 Å². The highest BCUT2D eigenvalue weighted by Gasteiger charge is 2.49. The van der Waals surface area contributed by atoms with Crippen LogP contribution in [0.25, 0.3) is 0 Å². The van der Waals surface area contributed by atoms with Gasteiger partial charge in [-0.2, -0.15) is 0 Å². The lowest BCUT2D eigenvalue weighted by molar-refractivity contribution is -0.258. The minimum atomic E-state index is -1.43. The summed E-state index contributed by atoms with van der Waals surface area (Å²) < 4.78 is 17.1. The van der Waals surface area contributed by atoms with Gasteiger partial charge in [0.25, 0.3) is 5.79 Å². The fourth-order valence-corrected chi connectivity index (χ4v) is 2.97. The molecule has 0 bridgehead atoms. The van der Waals surface area contributed by atoms with Crippen LogP contribution in [0.5, 0.6) is 0 Å². The van der Waals surface area contributed by atoms with Gasteiger partial charge in [-0.1, -0.05) is 43.7 Å². The lowest BCUT2D eigenvalue weighted by Gasteiger charge is -2.39. The van der Waals surface area contributed by atoms with Crippen molar-refractivity contribution >= 4 is 5.97 Å². The molecule has 0 saturated heterocycles. The zero-order valence-corrected chi connectivity index (χ0v) is 16.2. The topological polar surface area (TPSA) is 56.8 Å². The predicted molar refractivity (Wildman–Crippen MR) is 99.3 cm³/mol. The van der Waals surface area contributed by atoms with Crippen LogP contribution in [0.15, 0.2) is 30.3 Å². The molecule has 0 aliphatic rings. The molecular formula is C20H33NO4. The first kappa shape index (κ1) is 21.6. The van der Waals surface area contributed by atoms with Gasteiger partial charge in [0.2, 0.25) is 0 Å². The number of carbonyl (C=O) groups is 1. The van der Waals surface area contributed by atoms with E-state index in [2.05, 4.69) is 31.3 Å². The Morgan fingerprint density at radius 2 is 1.64 bits per heavy atom. The third-order valence-electron chi connectivity index (χ3n) is 4.06. The summed E-state index contributed by atoms with van der Waals surface area (Å²) >= 11 is 0. The highest BCUT2D eigenvalue weighted by Crippen LogP contribution is 2.27. The second-order valence-electron chi connectivity index (χ2n) is 5.89. The Balaban J connectivity index is 3.14. The van der Waals surface area contributed by atoms with E-state index in [1.165, 1.54) is 0 Å². The number of rotatable bonds is 12. The van der Waals surface area contributed by atoms with E-state index in [0.717, 1.165) is 18.4 Å². The van der Waals surface area contributed by atoms with E-state index in [4.69, 9.17) is 14.2 Å². The van der Waals surface area contributed by atoms with E-state index in [0.29, 0.717) is 13.2 Å². The molecule has 0 aliphatic carbocycles. The maximum absolute atomic E-state index is 12.8. The molecule has 0 heterocycles. The average molecular weight is 351 g/mol. The van der Waals surface area contributed by atoms with E-state index in [1.807, 2.05) is 32.0 Å². The minimum absolute atomic E-state index is 0.0486. The molecule has 5 heteroatoms. The summed E-state index contributed by atoms with van der Waals surface area (Å²) in [5.74, 6) is -1.90. The molecular weight excluding hydrogens is 318 g/mol. The van der Waals surface area contributed by atoms with E-state index >= 15 is 0 Å². The van der Waals surface area contributed by atoms with Crippen molar-refractivity contribution in [2.45, 2.75) is 65.3 Å². The molecule has 0 aromatic heterocycles. The van der Waals surface area contributed by atoms with Crippen LogP contribution in [0.3, 0.4) is 0 Å². The predicted octanol–water partition coefficient (Wildman–Crippen LogP) is 3.84. The summed E-state index contributed by atoms with van der Waals surface area (Å²) in [7, 11) is 0. The van der Waals surface area contributed by atoms with Gasteiger partial charge >= 0.3 is 5.97 Å². The van der Waals surface area contributed by atoms with E-state index in [9.17, 15) is 4.79 Å². The van der Waals surface area contributed by atoms with Crippen molar-refractivity contribution in [2.75, 3.05) is 19.8 Å². The smallest absolute Gasteiger partial charge is 0.368 e. The molecule has 25 heavy (non-hydrogen) atoms. The molecule has 0 spiro atoms. The van der Waals surface area contributed by atoms with Gasteiger partial charge in [0.05, 0.1) is 12.6 Å². The molecule has 0 radical (unpaired) electrons. The molecule has 2 atom stereocenters. The Kier molecular flexibility index (Phi) is 9.71. The molecule has 1 rings (SSSR count). The van der Waals surface area contributed by atoms with Gasteiger partial charge in [0.1, 0.15) is 0 Å². The summed E-state index contributed by atoms with van der Waals surface area (Å²) in [6.07, 6.45) is 1.62. The Bertz CT molecular complexity index is 486. The maximum atomic E-state index is 12.8. The number of hydrogen-bond donors (Lipinski definition) is 1. The molecule has 0 aliphatic heterocycles. The number of benzene rings is 1. The second-order valence-corrected chi connectivity index (χ2v) is 5.89. The SMILES string of the molecule is CCCC(N[C@@H](C)c1ccccc1)C(OCC)(OCC)C(=O)OCC. The molecule has 1 unspecified atom stereocenters. The first-order chi connectivity index (χ1) is 12.1. The first-order valence-electron chi connectivity index (χ1n) is 9.31. The molecule has 0 fully saturated rings. The second kappa shape index (κ2) is 11.2. The van der Waals surface area contributed by atoms with Crippen molar-refractivity contribution in [3.8, 4) is 0 Å². The van der Waals surface area contributed by atoms with Gasteiger partial charge in [0.15, 0.2) is 0 Å². The van der Waals surface area contributed by atoms with Crippen LogP contribution >= 0.6 is 0 Å². The monoisotopic (exact) mass is 351 g/mol. The summed E-state index contributed by atoms with van der Waals surface area (Å²) in [6.45, 7) is 10.7. The zero-order valence-electron chi connectivity index (χ0n) is 16.2. The van der Waals surface area contributed by atoms with E-state index in [-0.39, 0.29) is 18.7 Å². The largest absolute Gasteiger partial charge is 0.462 e. The van der Waals surface area contributed by atoms with Crippen LogP contribution in [0.2, 0.25) is 0 Å². The molecule has 0 saturated carbocycles. The molecule has 1 aromatic carbocycles. The third kappa shape index (κ3) is 5.80. The van der Waals surface area contributed by atoms with Gasteiger partial charge < -0.3 is 19.5 Å². The van der Waals surface area contributed by atoms with Crippen molar-refractivity contribution < 1.29 is 19.0 Å². The molecule has 5 nitrogen and oxygen atoms in total. The maximum Gasteiger partial charge on any atom is 0.368 e. The Hall–Kier alpha value is -1.43. The Morgan fingerprint density at radius 1 is 1.04 bits per heavy atom. The minimum Gasteiger partial charge on any atom is -0.462 e. The highest BCUT2D eigenvalue weighted by atomic mass is 16.7. The fraction of sp³-hybridized carbons (Fsp3) is 0.650. The van der Waals surface area contributed by atoms with Crippen LogP contribution in [0.4, 0.5) is 0 Å². The number of hydrogen-bond acceptors (Lipinski definition) is 5.